The Morgan fingerprint density at radius 2 is 2.32 bits per heavy atom. The fourth-order valence-corrected chi connectivity index (χ4v) is 2.80. The first-order valence-corrected chi connectivity index (χ1v) is 6.99. The van der Waals surface area contributed by atoms with E-state index in [-0.39, 0.29) is 5.91 Å². The molecule has 4 heteroatoms. The molecule has 0 bridgehead atoms. The average Bonchev–Trinajstić information content (AvgIpc) is 2.93. The number of benzene rings is 1. The van der Waals surface area contributed by atoms with E-state index in [1.165, 1.54) is 5.56 Å². The first-order valence-electron chi connectivity index (χ1n) is 6.99. The summed E-state index contributed by atoms with van der Waals surface area (Å²) < 4.78 is 5.43. The quantitative estimate of drug-likeness (QED) is 0.877. The van der Waals surface area contributed by atoms with Crippen molar-refractivity contribution in [3.63, 3.8) is 0 Å². The largest absolute Gasteiger partial charge is 0.382 e. The number of rotatable bonds is 3. The maximum absolute atomic E-state index is 11.3. The van der Waals surface area contributed by atoms with Gasteiger partial charge in [0.25, 0.3) is 0 Å². The highest BCUT2D eigenvalue weighted by Gasteiger charge is 2.22. The molecule has 3 rings (SSSR count). The van der Waals surface area contributed by atoms with Gasteiger partial charge in [-0.3, -0.25) is 4.79 Å². The van der Waals surface area contributed by atoms with Crippen LogP contribution in [0, 0.1) is 5.92 Å². The van der Waals surface area contributed by atoms with Crippen LogP contribution in [0.5, 0.6) is 0 Å². The Kier molecular flexibility index (Phi) is 3.42. The molecule has 1 aromatic rings. The molecule has 0 aromatic heterocycles. The number of aryl methyl sites for hydroxylation is 1. The summed E-state index contributed by atoms with van der Waals surface area (Å²) in [6.45, 7) is 3.95. The van der Waals surface area contributed by atoms with Crippen molar-refractivity contribution in [2.75, 3.05) is 23.8 Å². The summed E-state index contributed by atoms with van der Waals surface area (Å²) in [5.74, 6) is 0.709. The lowest BCUT2D eigenvalue weighted by molar-refractivity contribution is -0.116. The van der Waals surface area contributed by atoms with Crippen molar-refractivity contribution in [3.8, 4) is 0 Å². The Bertz CT molecular complexity index is 481. The van der Waals surface area contributed by atoms with Gasteiger partial charge < -0.3 is 15.4 Å². The number of anilines is 2. The van der Waals surface area contributed by atoms with Crippen LogP contribution < -0.4 is 10.6 Å². The smallest absolute Gasteiger partial charge is 0.224 e. The number of carbonyl (C=O) groups is 1. The predicted molar refractivity (Wildman–Crippen MR) is 75.4 cm³/mol. The summed E-state index contributed by atoms with van der Waals surface area (Å²) in [4.78, 5) is 11.3. The average molecular weight is 260 g/mol. The van der Waals surface area contributed by atoms with E-state index in [0.29, 0.717) is 18.4 Å². The highest BCUT2D eigenvalue weighted by Crippen LogP contribution is 2.27. The lowest BCUT2D eigenvalue weighted by Gasteiger charge is -2.23. The topological polar surface area (TPSA) is 50.4 Å². The number of hydrogen-bond acceptors (Lipinski definition) is 3. The molecule has 4 nitrogen and oxygen atoms in total. The van der Waals surface area contributed by atoms with Gasteiger partial charge in [0.05, 0.1) is 6.61 Å². The molecule has 0 radical (unpaired) electrons. The first-order chi connectivity index (χ1) is 9.22. The van der Waals surface area contributed by atoms with Crippen LogP contribution in [-0.4, -0.2) is 25.2 Å². The van der Waals surface area contributed by atoms with Gasteiger partial charge in [-0.2, -0.15) is 0 Å². The van der Waals surface area contributed by atoms with Crippen molar-refractivity contribution in [2.24, 2.45) is 5.92 Å². The van der Waals surface area contributed by atoms with E-state index >= 15 is 0 Å². The van der Waals surface area contributed by atoms with Gasteiger partial charge in [-0.1, -0.05) is 0 Å². The first kappa shape index (κ1) is 12.5. The Morgan fingerprint density at radius 1 is 1.42 bits per heavy atom. The lowest BCUT2D eigenvalue weighted by atomic mass is 9.99. The van der Waals surface area contributed by atoms with Gasteiger partial charge in [0.1, 0.15) is 0 Å². The van der Waals surface area contributed by atoms with E-state index in [1.807, 2.05) is 12.1 Å². The summed E-state index contributed by atoms with van der Waals surface area (Å²) in [6, 6.07) is 6.60. The minimum absolute atomic E-state index is 0.115. The number of carbonyl (C=O) groups excluding carboxylic acids is 1. The van der Waals surface area contributed by atoms with Crippen LogP contribution in [0.2, 0.25) is 0 Å². The number of ether oxygens (including phenoxy) is 1. The molecule has 1 saturated heterocycles. The molecule has 1 fully saturated rings. The molecule has 0 saturated carbocycles. The SMILES string of the molecule is CC(Nc1ccc2c(c1)CCC(=O)N2)C1CCOC1. The monoisotopic (exact) mass is 260 g/mol. The summed E-state index contributed by atoms with van der Waals surface area (Å²) in [5, 5.41) is 6.46. The second-order valence-corrected chi connectivity index (χ2v) is 5.48. The molecule has 0 spiro atoms. The molecule has 1 aromatic carbocycles. The van der Waals surface area contributed by atoms with Gasteiger partial charge in [0, 0.05) is 36.4 Å². The minimum atomic E-state index is 0.115. The molecule has 2 unspecified atom stereocenters. The van der Waals surface area contributed by atoms with E-state index in [2.05, 4.69) is 23.6 Å². The zero-order valence-electron chi connectivity index (χ0n) is 11.2. The summed E-state index contributed by atoms with van der Waals surface area (Å²) in [5.41, 5.74) is 3.31. The molecule has 2 aliphatic heterocycles. The van der Waals surface area contributed by atoms with E-state index in [0.717, 1.165) is 37.4 Å². The van der Waals surface area contributed by atoms with Gasteiger partial charge in [-0.15, -0.1) is 0 Å². The third-order valence-corrected chi connectivity index (χ3v) is 4.07. The zero-order chi connectivity index (χ0) is 13.2. The number of hydrogen-bond donors (Lipinski definition) is 2. The highest BCUT2D eigenvalue weighted by molar-refractivity contribution is 5.94. The fraction of sp³-hybridized carbons (Fsp3) is 0.533. The van der Waals surface area contributed by atoms with Crippen LogP contribution in [0.3, 0.4) is 0 Å². The van der Waals surface area contributed by atoms with Gasteiger partial charge in [-0.05, 0) is 43.5 Å². The van der Waals surface area contributed by atoms with Crippen molar-refractivity contribution in [3.05, 3.63) is 23.8 Å². The van der Waals surface area contributed by atoms with Crippen molar-refractivity contribution in [1.82, 2.24) is 0 Å². The van der Waals surface area contributed by atoms with Gasteiger partial charge >= 0.3 is 0 Å². The highest BCUT2D eigenvalue weighted by atomic mass is 16.5. The molecule has 19 heavy (non-hydrogen) atoms. The Balaban J connectivity index is 1.70. The third-order valence-electron chi connectivity index (χ3n) is 4.07. The Labute approximate surface area is 113 Å². The van der Waals surface area contributed by atoms with Crippen molar-refractivity contribution >= 4 is 17.3 Å². The van der Waals surface area contributed by atoms with E-state index < -0.39 is 0 Å². The molecule has 0 aliphatic carbocycles. The maximum Gasteiger partial charge on any atom is 0.224 e. The van der Waals surface area contributed by atoms with Crippen molar-refractivity contribution in [1.29, 1.82) is 0 Å². The van der Waals surface area contributed by atoms with E-state index in [4.69, 9.17) is 4.74 Å². The second kappa shape index (κ2) is 5.21. The van der Waals surface area contributed by atoms with Crippen molar-refractivity contribution < 1.29 is 9.53 Å². The van der Waals surface area contributed by atoms with Crippen LogP contribution in [0.25, 0.3) is 0 Å². The molecule has 2 N–H and O–H groups in total. The molecule has 2 aliphatic rings. The Morgan fingerprint density at radius 3 is 3.11 bits per heavy atom. The molecule has 2 heterocycles. The van der Waals surface area contributed by atoms with E-state index in [9.17, 15) is 4.79 Å². The van der Waals surface area contributed by atoms with Crippen LogP contribution in [0.4, 0.5) is 11.4 Å². The molecule has 1 amide bonds. The van der Waals surface area contributed by atoms with Crippen LogP contribution in [-0.2, 0) is 16.0 Å². The third kappa shape index (κ3) is 2.73. The van der Waals surface area contributed by atoms with Gasteiger partial charge in [-0.25, -0.2) is 0 Å². The van der Waals surface area contributed by atoms with Crippen molar-refractivity contribution in [2.45, 2.75) is 32.2 Å². The fourth-order valence-electron chi connectivity index (χ4n) is 2.80. The number of amides is 1. The minimum Gasteiger partial charge on any atom is -0.382 e. The summed E-state index contributed by atoms with van der Waals surface area (Å²) >= 11 is 0. The number of nitrogens with one attached hydrogen (secondary N) is 2. The lowest BCUT2D eigenvalue weighted by Crippen LogP contribution is -2.26. The van der Waals surface area contributed by atoms with E-state index in [1.54, 1.807) is 0 Å². The molecular weight excluding hydrogens is 240 g/mol. The normalized spacial score (nSPS) is 23.6. The number of fused-ring (bicyclic) bond motifs is 1. The second-order valence-electron chi connectivity index (χ2n) is 5.48. The molecule has 102 valence electrons. The van der Waals surface area contributed by atoms with Crippen LogP contribution >= 0.6 is 0 Å². The Hall–Kier alpha value is -1.55. The predicted octanol–water partition coefficient (Wildman–Crippen LogP) is 2.41. The zero-order valence-corrected chi connectivity index (χ0v) is 11.2. The molecule has 2 atom stereocenters. The van der Waals surface area contributed by atoms with Crippen LogP contribution in [0.15, 0.2) is 18.2 Å². The standard InChI is InChI=1S/C15H20N2O2/c1-10(12-6-7-19-9-12)16-13-3-4-14-11(8-13)2-5-15(18)17-14/h3-4,8,10,12,16H,2,5-7,9H2,1H3,(H,17,18). The summed E-state index contributed by atoms with van der Waals surface area (Å²) in [7, 11) is 0. The van der Waals surface area contributed by atoms with Gasteiger partial charge in [0.2, 0.25) is 5.91 Å². The van der Waals surface area contributed by atoms with Crippen LogP contribution in [0.1, 0.15) is 25.3 Å². The summed E-state index contributed by atoms with van der Waals surface area (Å²) in [6.07, 6.45) is 2.55. The van der Waals surface area contributed by atoms with Gasteiger partial charge in [0.15, 0.2) is 0 Å². The maximum atomic E-state index is 11.3. The molecular formula is C15H20N2O2.